The maximum Gasteiger partial charge on any atom is 0.300 e. The van der Waals surface area contributed by atoms with Crippen LogP contribution < -0.4 is 11.1 Å². The smallest absolute Gasteiger partial charge is 0.300 e. The number of nitro benzene ring substituents is 2. The quantitative estimate of drug-likeness (QED) is 0.325. The Balaban J connectivity index is 2.50. The second-order valence-corrected chi connectivity index (χ2v) is 5.19. The number of benzene rings is 2. The van der Waals surface area contributed by atoms with Crippen molar-refractivity contribution in [2.75, 3.05) is 0 Å². The van der Waals surface area contributed by atoms with Crippen LogP contribution in [0.25, 0.3) is 32.6 Å². The average Bonchev–Trinajstić information content (AvgIpc) is 2.53. The summed E-state index contributed by atoms with van der Waals surface area (Å²) in [5.74, 6) is 0. The Bertz CT molecular complexity index is 1210. The van der Waals surface area contributed by atoms with Gasteiger partial charge < -0.3 is 9.97 Å². The molecule has 0 radical (unpaired) electrons. The molecule has 0 saturated heterocycles. The number of H-pyrrole nitrogens is 2. The van der Waals surface area contributed by atoms with E-state index in [-0.39, 0.29) is 32.6 Å². The standard InChI is InChI=1S/C14H6N4O6/c19-13-5-2-1-3-6-9(5)10-11(15-13)7(17(21)22)4-8(18(23)24)12(10)16-14(6)20/h1-4H,(H,15,19)(H,16,20). The van der Waals surface area contributed by atoms with Gasteiger partial charge in [0, 0.05) is 21.5 Å². The minimum atomic E-state index is -0.813. The van der Waals surface area contributed by atoms with Gasteiger partial charge in [0.1, 0.15) is 11.0 Å². The third-order valence-electron chi connectivity index (χ3n) is 3.96. The fourth-order valence-electron chi connectivity index (χ4n) is 3.01. The van der Waals surface area contributed by atoms with Gasteiger partial charge in [-0.3, -0.25) is 29.8 Å². The fourth-order valence-corrected chi connectivity index (χ4v) is 3.01. The van der Waals surface area contributed by atoms with Crippen molar-refractivity contribution in [2.24, 2.45) is 0 Å². The molecule has 0 fully saturated rings. The van der Waals surface area contributed by atoms with Crippen molar-refractivity contribution in [3.63, 3.8) is 0 Å². The van der Waals surface area contributed by atoms with E-state index in [9.17, 15) is 29.8 Å². The molecule has 118 valence electrons. The van der Waals surface area contributed by atoms with E-state index in [1.807, 2.05) is 0 Å². The third kappa shape index (κ3) is 1.59. The average molecular weight is 326 g/mol. The number of hydrogen-bond acceptors (Lipinski definition) is 6. The van der Waals surface area contributed by atoms with E-state index < -0.39 is 32.3 Å². The molecular weight excluding hydrogens is 320 g/mol. The summed E-state index contributed by atoms with van der Waals surface area (Å²) in [6.07, 6.45) is 0. The van der Waals surface area contributed by atoms with Crippen LogP contribution in [0.4, 0.5) is 11.4 Å². The predicted molar refractivity (Wildman–Crippen MR) is 84.7 cm³/mol. The molecule has 0 amide bonds. The number of aromatic nitrogens is 2. The highest BCUT2D eigenvalue weighted by Gasteiger charge is 2.28. The van der Waals surface area contributed by atoms with Gasteiger partial charge in [0.25, 0.3) is 22.5 Å². The topological polar surface area (TPSA) is 152 Å². The zero-order chi connectivity index (χ0) is 17.2. The number of nitro groups is 2. The lowest BCUT2D eigenvalue weighted by Crippen LogP contribution is -2.14. The SMILES string of the molecule is O=c1[nH]c2c([N+](=O)[O-])cc([N+](=O)[O-])c3[nH]c(=O)c4cccc1c4c23. The molecule has 10 heteroatoms. The summed E-state index contributed by atoms with van der Waals surface area (Å²) in [6.45, 7) is 0. The molecular formula is C14H6N4O6. The van der Waals surface area contributed by atoms with Gasteiger partial charge in [0.15, 0.2) is 0 Å². The van der Waals surface area contributed by atoms with Gasteiger partial charge in [-0.15, -0.1) is 0 Å². The number of hydrogen-bond donors (Lipinski definition) is 2. The molecule has 2 aromatic heterocycles. The molecule has 10 nitrogen and oxygen atoms in total. The van der Waals surface area contributed by atoms with E-state index in [4.69, 9.17) is 0 Å². The number of rotatable bonds is 2. The van der Waals surface area contributed by atoms with Gasteiger partial charge in [-0.25, -0.2) is 0 Å². The molecule has 2 aromatic carbocycles. The Kier molecular flexibility index (Phi) is 2.50. The number of pyridine rings is 2. The van der Waals surface area contributed by atoms with Crippen molar-refractivity contribution >= 4 is 44.0 Å². The molecule has 24 heavy (non-hydrogen) atoms. The minimum Gasteiger partial charge on any atom is -0.316 e. The largest absolute Gasteiger partial charge is 0.316 e. The molecule has 4 rings (SSSR count). The molecule has 2 N–H and O–H groups in total. The number of non-ortho nitro benzene ring substituents is 2. The second kappa shape index (κ2) is 4.35. The van der Waals surface area contributed by atoms with Crippen LogP contribution in [-0.2, 0) is 0 Å². The Hall–Kier alpha value is -3.82. The van der Waals surface area contributed by atoms with E-state index in [1.165, 1.54) is 18.2 Å². The van der Waals surface area contributed by atoms with Crippen LogP contribution in [0.3, 0.4) is 0 Å². The summed E-state index contributed by atoms with van der Waals surface area (Å²) in [4.78, 5) is 50.2. The molecule has 4 aromatic rings. The van der Waals surface area contributed by atoms with Crippen LogP contribution in [0.5, 0.6) is 0 Å². The summed E-state index contributed by atoms with van der Waals surface area (Å²) in [6, 6.07) is 5.12. The molecule has 0 spiro atoms. The molecule has 2 heterocycles. The lowest BCUT2D eigenvalue weighted by molar-refractivity contribution is -0.392. The van der Waals surface area contributed by atoms with Crippen LogP contribution >= 0.6 is 0 Å². The summed E-state index contributed by atoms with van der Waals surface area (Å²) < 4.78 is 0. The van der Waals surface area contributed by atoms with Gasteiger partial charge in [0.2, 0.25) is 0 Å². The molecule has 0 aliphatic rings. The van der Waals surface area contributed by atoms with Gasteiger partial charge in [-0.1, -0.05) is 6.07 Å². The summed E-state index contributed by atoms with van der Waals surface area (Å²) >= 11 is 0. The highest BCUT2D eigenvalue weighted by molar-refractivity contribution is 6.23. The maximum absolute atomic E-state index is 12.2. The second-order valence-electron chi connectivity index (χ2n) is 5.19. The molecule has 0 aliphatic carbocycles. The van der Waals surface area contributed by atoms with E-state index in [0.29, 0.717) is 0 Å². The van der Waals surface area contributed by atoms with Crippen LogP contribution in [-0.4, -0.2) is 19.8 Å². The lowest BCUT2D eigenvalue weighted by atomic mass is 9.99. The maximum atomic E-state index is 12.2. The van der Waals surface area contributed by atoms with Crippen LogP contribution in [0.1, 0.15) is 0 Å². The lowest BCUT2D eigenvalue weighted by Gasteiger charge is -2.09. The van der Waals surface area contributed by atoms with Crippen molar-refractivity contribution < 1.29 is 9.85 Å². The first-order valence-electron chi connectivity index (χ1n) is 6.66. The van der Waals surface area contributed by atoms with E-state index in [1.54, 1.807) is 0 Å². The Morgan fingerprint density at radius 2 is 1.25 bits per heavy atom. The molecule has 0 atom stereocenters. The molecule has 0 bridgehead atoms. The monoisotopic (exact) mass is 326 g/mol. The minimum absolute atomic E-state index is 0.0840. The highest BCUT2D eigenvalue weighted by Crippen LogP contribution is 2.38. The van der Waals surface area contributed by atoms with Gasteiger partial charge in [0.05, 0.1) is 15.9 Å². The van der Waals surface area contributed by atoms with E-state index in [0.717, 1.165) is 6.07 Å². The summed E-state index contributed by atoms with van der Waals surface area (Å²) in [7, 11) is 0. The van der Waals surface area contributed by atoms with Gasteiger partial charge >= 0.3 is 0 Å². The highest BCUT2D eigenvalue weighted by atomic mass is 16.6. The predicted octanol–water partition coefficient (Wildman–Crippen LogP) is 1.78. The Labute approximate surface area is 130 Å². The molecule has 0 saturated carbocycles. The number of nitrogens with one attached hydrogen (secondary N) is 2. The van der Waals surface area contributed by atoms with Crippen molar-refractivity contribution in [3.05, 3.63) is 65.2 Å². The third-order valence-corrected chi connectivity index (χ3v) is 3.96. The first-order chi connectivity index (χ1) is 11.4. The van der Waals surface area contributed by atoms with Crippen molar-refractivity contribution in [2.45, 2.75) is 0 Å². The van der Waals surface area contributed by atoms with E-state index in [2.05, 4.69) is 9.97 Å². The zero-order valence-corrected chi connectivity index (χ0v) is 11.7. The fraction of sp³-hybridized carbons (Fsp3) is 0. The number of aromatic amines is 2. The first-order valence-corrected chi connectivity index (χ1v) is 6.66. The Morgan fingerprint density at radius 1 is 0.792 bits per heavy atom. The zero-order valence-electron chi connectivity index (χ0n) is 11.7. The summed E-state index contributed by atoms with van der Waals surface area (Å²) in [5.41, 5.74) is -2.76. The normalized spacial score (nSPS) is 11.5. The van der Waals surface area contributed by atoms with Gasteiger partial charge in [-0.05, 0) is 12.1 Å². The number of nitrogens with zero attached hydrogens (tertiary/aromatic N) is 2. The van der Waals surface area contributed by atoms with E-state index >= 15 is 0 Å². The molecule has 0 aliphatic heterocycles. The van der Waals surface area contributed by atoms with Crippen LogP contribution in [0.15, 0.2) is 33.9 Å². The summed E-state index contributed by atoms with van der Waals surface area (Å²) in [5, 5.41) is 23.1. The molecule has 0 unspecified atom stereocenters. The van der Waals surface area contributed by atoms with Crippen molar-refractivity contribution in [1.82, 2.24) is 9.97 Å². The van der Waals surface area contributed by atoms with Crippen molar-refractivity contribution in [1.29, 1.82) is 0 Å². The van der Waals surface area contributed by atoms with Crippen molar-refractivity contribution in [3.8, 4) is 0 Å². The Morgan fingerprint density at radius 3 is 1.67 bits per heavy atom. The first kappa shape index (κ1) is 13.8. The van der Waals surface area contributed by atoms with Gasteiger partial charge in [-0.2, -0.15) is 0 Å². The van der Waals surface area contributed by atoms with Crippen LogP contribution in [0, 0.1) is 20.2 Å². The van der Waals surface area contributed by atoms with Crippen LogP contribution in [0.2, 0.25) is 0 Å².